The molecule has 96 valence electrons. The van der Waals surface area contributed by atoms with Crippen LogP contribution < -0.4 is 5.32 Å². The predicted octanol–water partition coefficient (Wildman–Crippen LogP) is 2.89. The van der Waals surface area contributed by atoms with Crippen LogP contribution in [0.3, 0.4) is 0 Å². The quantitative estimate of drug-likeness (QED) is 0.684. The standard InChI is InChI=1S/C14H30N2/c1-5-14(6-2)15-10-12(3)16(4)11-13-8-7-9-13/h12-15H,5-11H2,1-4H3. The van der Waals surface area contributed by atoms with Gasteiger partial charge >= 0.3 is 0 Å². The molecule has 1 saturated carbocycles. The Balaban J connectivity index is 2.14. The normalized spacial score (nSPS) is 19.1. The zero-order chi connectivity index (χ0) is 12.0. The highest BCUT2D eigenvalue weighted by molar-refractivity contribution is 4.76. The molecule has 0 aliphatic heterocycles. The Hall–Kier alpha value is -0.0800. The van der Waals surface area contributed by atoms with Gasteiger partial charge in [0, 0.05) is 25.2 Å². The molecule has 1 aliphatic rings. The van der Waals surface area contributed by atoms with Crippen LogP contribution in [-0.4, -0.2) is 37.1 Å². The molecular formula is C14H30N2. The average Bonchev–Trinajstić information content (AvgIpc) is 2.24. The second-order valence-electron chi connectivity index (χ2n) is 5.51. The number of likely N-dealkylation sites (N-methyl/N-ethyl adjacent to an activating group) is 1. The van der Waals surface area contributed by atoms with Gasteiger partial charge in [0.05, 0.1) is 0 Å². The molecule has 1 N–H and O–H groups in total. The smallest absolute Gasteiger partial charge is 0.0189 e. The van der Waals surface area contributed by atoms with E-state index in [1.54, 1.807) is 0 Å². The Morgan fingerprint density at radius 1 is 1.25 bits per heavy atom. The van der Waals surface area contributed by atoms with Gasteiger partial charge < -0.3 is 10.2 Å². The molecule has 1 fully saturated rings. The molecule has 0 aromatic rings. The van der Waals surface area contributed by atoms with Gasteiger partial charge in [0.15, 0.2) is 0 Å². The highest BCUT2D eigenvalue weighted by Crippen LogP contribution is 2.27. The van der Waals surface area contributed by atoms with Crippen molar-refractivity contribution >= 4 is 0 Å². The minimum absolute atomic E-state index is 0.668. The van der Waals surface area contributed by atoms with Crippen LogP contribution >= 0.6 is 0 Å². The van der Waals surface area contributed by atoms with Gasteiger partial charge in [-0.05, 0) is 45.6 Å². The molecular weight excluding hydrogens is 196 g/mol. The summed E-state index contributed by atoms with van der Waals surface area (Å²) in [6.45, 7) is 9.31. The number of hydrogen-bond donors (Lipinski definition) is 1. The first kappa shape index (κ1) is 14.0. The Morgan fingerprint density at radius 3 is 2.31 bits per heavy atom. The van der Waals surface area contributed by atoms with Crippen molar-refractivity contribution in [1.82, 2.24) is 10.2 Å². The second-order valence-corrected chi connectivity index (χ2v) is 5.51. The number of nitrogens with zero attached hydrogens (tertiary/aromatic N) is 1. The molecule has 0 amide bonds. The van der Waals surface area contributed by atoms with E-state index in [0.29, 0.717) is 12.1 Å². The highest BCUT2D eigenvalue weighted by atomic mass is 15.1. The lowest BCUT2D eigenvalue weighted by molar-refractivity contribution is 0.165. The van der Waals surface area contributed by atoms with Gasteiger partial charge in [-0.3, -0.25) is 0 Å². The van der Waals surface area contributed by atoms with Crippen LogP contribution in [0.15, 0.2) is 0 Å². The Bertz CT molecular complexity index is 174. The van der Waals surface area contributed by atoms with Crippen molar-refractivity contribution in [3.05, 3.63) is 0 Å². The van der Waals surface area contributed by atoms with Crippen LogP contribution in [-0.2, 0) is 0 Å². The molecule has 0 saturated heterocycles. The number of nitrogens with one attached hydrogen (secondary N) is 1. The van der Waals surface area contributed by atoms with Crippen molar-refractivity contribution in [3.63, 3.8) is 0 Å². The van der Waals surface area contributed by atoms with Crippen LogP contribution in [0.5, 0.6) is 0 Å². The third-order valence-corrected chi connectivity index (χ3v) is 4.21. The Kier molecular flexibility index (Phi) is 6.37. The molecule has 0 spiro atoms. The van der Waals surface area contributed by atoms with Crippen molar-refractivity contribution in [2.75, 3.05) is 20.1 Å². The van der Waals surface area contributed by atoms with Crippen LogP contribution in [0.25, 0.3) is 0 Å². The molecule has 2 nitrogen and oxygen atoms in total. The topological polar surface area (TPSA) is 15.3 Å². The van der Waals surface area contributed by atoms with Gasteiger partial charge in [0.1, 0.15) is 0 Å². The van der Waals surface area contributed by atoms with E-state index in [2.05, 4.69) is 38.0 Å². The van der Waals surface area contributed by atoms with Gasteiger partial charge in [-0.25, -0.2) is 0 Å². The lowest BCUT2D eigenvalue weighted by Gasteiger charge is -2.34. The van der Waals surface area contributed by atoms with E-state index in [9.17, 15) is 0 Å². The largest absolute Gasteiger partial charge is 0.312 e. The summed E-state index contributed by atoms with van der Waals surface area (Å²) in [7, 11) is 2.28. The summed E-state index contributed by atoms with van der Waals surface area (Å²) < 4.78 is 0. The maximum absolute atomic E-state index is 3.67. The van der Waals surface area contributed by atoms with Crippen molar-refractivity contribution in [1.29, 1.82) is 0 Å². The van der Waals surface area contributed by atoms with E-state index < -0.39 is 0 Å². The monoisotopic (exact) mass is 226 g/mol. The molecule has 0 radical (unpaired) electrons. The summed E-state index contributed by atoms with van der Waals surface area (Å²) in [5, 5.41) is 3.67. The predicted molar refractivity (Wildman–Crippen MR) is 71.8 cm³/mol. The first-order chi connectivity index (χ1) is 7.67. The van der Waals surface area contributed by atoms with Crippen molar-refractivity contribution in [2.24, 2.45) is 5.92 Å². The van der Waals surface area contributed by atoms with E-state index in [4.69, 9.17) is 0 Å². The minimum Gasteiger partial charge on any atom is -0.312 e. The van der Waals surface area contributed by atoms with Gasteiger partial charge in [-0.1, -0.05) is 20.3 Å². The van der Waals surface area contributed by atoms with Gasteiger partial charge in [0.25, 0.3) is 0 Å². The zero-order valence-corrected chi connectivity index (χ0v) is 11.6. The lowest BCUT2D eigenvalue weighted by atomic mass is 9.85. The maximum Gasteiger partial charge on any atom is 0.0189 e. The average molecular weight is 226 g/mol. The Morgan fingerprint density at radius 2 is 1.88 bits per heavy atom. The third-order valence-electron chi connectivity index (χ3n) is 4.21. The summed E-state index contributed by atoms with van der Waals surface area (Å²) in [5.74, 6) is 0.987. The third kappa shape index (κ3) is 4.42. The minimum atomic E-state index is 0.668. The number of hydrogen-bond acceptors (Lipinski definition) is 2. The summed E-state index contributed by atoms with van der Waals surface area (Å²) in [4.78, 5) is 2.53. The van der Waals surface area contributed by atoms with E-state index in [1.807, 2.05) is 0 Å². The SMILES string of the molecule is CCC(CC)NCC(C)N(C)CC1CCC1. The molecule has 1 aliphatic carbocycles. The lowest BCUT2D eigenvalue weighted by Crippen LogP contribution is -2.43. The molecule has 0 bridgehead atoms. The summed E-state index contributed by atoms with van der Waals surface area (Å²) in [5.41, 5.74) is 0. The summed E-state index contributed by atoms with van der Waals surface area (Å²) in [6, 6.07) is 1.38. The fourth-order valence-corrected chi connectivity index (χ4v) is 2.33. The van der Waals surface area contributed by atoms with Gasteiger partial charge in [-0.2, -0.15) is 0 Å². The van der Waals surface area contributed by atoms with Crippen LogP contribution in [0.4, 0.5) is 0 Å². The molecule has 0 aromatic heterocycles. The molecule has 1 unspecified atom stereocenters. The van der Waals surface area contributed by atoms with Crippen molar-refractivity contribution < 1.29 is 0 Å². The van der Waals surface area contributed by atoms with Crippen molar-refractivity contribution in [3.8, 4) is 0 Å². The van der Waals surface area contributed by atoms with E-state index >= 15 is 0 Å². The van der Waals surface area contributed by atoms with Crippen molar-refractivity contribution in [2.45, 2.75) is 65.0 Å². The first-order valence-corrected chi connectivity index (χ1v) is 7.10. The van der Waals surface area contributed by atoms with Crippen LogP contribution in [0.2, 0.25) is 0 Å². The molecule has 0 heterocycles. The molecule has 2 heteroatoms. The first-order valence-electron chi connectivity index (χ1n) is 7.10. The highest BCUT2D eigenvalue weighted by Gasteiger charge is 2.21. The Labute approximate surface area is 102 Å². The molecule has 1 atom stereocenters. The summed E-state index contributed by atoms with van der Waals surface area (Å²) >= 11 is 0. The number of rotatable bonds is 8. The zero-order valence-electron chi connectivity index (χ0n) is 11.6. The van der Waals surface area contributed by atoms with Crippen LogP contribution in [0, 0.1) is 5.92 Å². The second kappa shape index (κ2) is 7.29. The fraction of sp³-hybridized carbons (Fsp3) is 1.00. The molecule has 0 aromatic carbocycles. The summed E-state index contributed by atoms with van der Waals surface area (Å²) in [6.07, 6.45) is 6.86. The van der Waals surface area contributed by atoms with E-state index in [1.165, 1.54) is 38.6 Å². The van der Waals surface area contributed by atoms with E-state index in [-0.39, 0.29) is 0 Å². The molecule has 1 rings (SSSR count). The van der Waals surface area contributed by atoms with E-state index in [0.717, 1.165) is 12.5 Å². The van der Waals surface area contributed by atoms with Gasteiger partial charge in [0.2, 0.25) is 0 Å². The van der Waals surface area contributed by atoms with Crippen LogP contribution in [0.1, 0.15) is 52.9 Å². The van der Waals surface area contributed by atoms with Gasteiger partial charge in [-0.15, -0.1) is 0 Å². The maximum atomic E-state index is 3.67. The molecule has 16 heavy (non-hydrogen) atoms. The fourth-order valence-electron chi connectivity index (χ4n) is 2.33.